The Hall–Kier alpha value is -5.08. The molecule has 4 aromatic carbocycles. The van der Waals surface area contributed by atoms with Gasteiger partial charge in [-0.15, -0.1) is 0 Å². The van der Waals surface area contributed by atoms with E-state index in [9.17, 15) is 14.4 Å². The minimum Gasteiger partial charge on any atom is -0.490 e. The maximum atomic E-state index is 13.3. The number of nitrogens with one attached hydrogen (secondary N) is 1. The molecule has 0 radical (unpaired) electrons. The molecule has 212 valence electrons. The summed E-state index contributed by atoms with van der Waals surface area (Å²) < 4.78 is 17.9. The second-order valence-electron chi connectivity index (χ2n) is 9.25. The van der Waals surface area contributed by atoms with Gasteiger partial charge < -0.3 is 14.2 Å². The molecule has 5 rings (SSSR count). The molecule has 0 bridgehead atoms. The summed E-state index contributed by atoms with van der Waals surface area (Å²) in [4.78, 5) is 39.4. The van der Waals surface area contributed by atoms with Gasteiger partial charge in [0.15, 0.2) is 11.5 Å². The number of para-hydroxylation sites is 1. The number of barbiturate groups is 1. The van der Waals surface area contributed by atoms with E-state index >= 15 is 0 Å². The number of benzene rings is 4. The molecule has 0 aromatic heterocycles. The molecule has 0 saturated carbocycles. The molecule has 1 heterocycles. The lowest BCUT2D eigenvalue weighted by atomic mass is 10.1. The van der Waals surface area contributed by atoms with E-state index in [0.29, 0.717) is 41.0 Å². The normalized spacial score (nSPS) is 14.1. The second kappa shape index (κ2) is 13.1. The molecule has 1 N–H and O–H groups in total. The predicted octanol–water partition coefficient (Wildman–Crippen LogP) is 6.56. The van der Waals surface area contributed by atoms with Gasteiger partial charge >= 0.3 is 6.03 Å². The Morgan fingerprint density at radius 2 is 1.48 bits per heavy atom. The summed E-state index contributed by atoms with van der Waals surface area (Å²) in [7, 11) is 0. The largest absolute Gasteiger partial charge is 0.490 e. The van der Waals surface area contributed by atoms with Gasteiger partial charge in [0.25, 0.3) is 11.8 Å². The number of carbonyl (C=O) groups is 3. The maximum Gasteiger partial charge on any atom is 0.335 e. The zero-order chi connectivity index (χ0) is 29.5. The molecule has 0 spiro atoms. The van der Waals surface area contributed by atoms with Gasteiger partial charge in [-0.25, -0.2) is 9.69 Å². The third kappa shape index (κ3) is 6.62. The van der Waals surface area contributed by atoms with Crippen LogP contribution in [0.2, 0.25) is 5.02 Å². The molecule has 0 aliphatic carbocycles. The van der Waals surface area contributed by atoms with Crippen LogP contribution in [-0.4, -0.2) is 24.5 Å². The van der Waals surface area contributed by atoms with Crippen molar-refractivity contribution in [3.63, 3.8) is 0 Å². The number of ether oxygens (including phenoxy) is 3. The van der Waals surface area contributed by atoms with Crippen LogP contribution in [0, 0.1) is 0 Å². The number of hydrogen-bond donors (Lipinski definition) is 1. The van der Waals surface area contributed by atoms with Crippen molar-refractivity contribution in [2.45, 2.75) is 20.1 Å². The van der Waals surface area contributed by atoms with Crippen LogP contribution in [-0.2, 0) is 22.8 Å². The van der Waals surface area contributed by atoms with Crippen molar-refractivity contribution >= 4 is 41.2 Å². The number of halogens is 1. The molecule has 0 unspecified atom stereocenters. The smallest absolute Gasteiger partial charge is 0.335 e. The summed E-state index contributed by atoms with van der Waals surface area (Å²) in [5.74, 6) is 0.0911. The summed E-state index contributed by atoms with van der Waals surface area (Å²) in [5.41, 5.74) is 2.39. The molecule has 4 amide bonds. The van der Waals surface area contributed by atoms with Crippen LogP contribution in [0.4, 0.5) is 10.5 Å². The number of imide groups is 2. The standard InChI is InChI=1S/C33H27ClN2O6/c1-2-40-30-17-23(15-16-29(30)42-20-22-9-4-3-5-10-22)21-41-28-14-7-6-11-24(28)18-27-31(37)35-33(39)36(32(27)38)26-13-8-12-25(34)19-26/h3-19H,2,20-21H2,1H3,(H,35,37,39)/b27-18+. The number of amides is 4. The summed E-state index contributed by atoms with van der Waals surface area (Å²) in [5, 5.41) is 2.56. The third-order valence-corrected chi connectivity index (χ3v) is 6.56. The van der Waals surface area contributed by atoms with Gasteiger partial charge in [0, 0.05) is 10.6 Å². The second-order valence-corrected chi connectivity index (χ2v) is 9.69. The van der Waals surface area contributed by atoms with Crippen molar-refractivity contribution < 1.29 is 28.6 Å². The van der Waals surface area contributed by atoms with Crippen molar-refractivity contribution in [2.24, 2.45) is 0 Å². The number of nitrogens with zero attached hydrogens (tertiary/aromatic N) is 1. The monoisotopic (exact) mass is 582 g/mol. The quantitative estimate of drug-likeness (QED) is 0.168. The Bertz CT molecular complexity index is 1650. The molecule has 4 aromatic rings. The van der Waals surface area contributed by atoms with Crippen LogP contribution in [0.5, 0.6) is 17.2 Å². The zero-order valence-electron chi connectivity index (χ0n) is 22.7. The molecule has 42 heavy (non-hydrogen) atoms. The Labute approximate surface area is 248 Å². The first-order valence-corrected chi connectivity index (χ1v) is 13.6. The van der Waals surface area contributed by atoms with E-state index in [2.05, 4.69) is 5.32 Å². The van der Waals surface area contributed by atoms with Crippen molar-refractivity contribution in [3.05, 3.63) is 124 Å². The fourth-order valence-corrected chi connectivity index (χ4v) is 4.50. The van der Waals surface area contributed by atoms with E-state index in [-0.39, 0.29) is 17.9 Å². The van der Waals surface area contributed by atoms with Crippen molar-refractivity contribution in [1.29, 1.82) is 0 Å². The average Bonchev–Trinajstić information content (AvgIpc) is 2.99. The molecule has 1 aliphatic heterocycles. The van der Waals surface area contributed by atoms with E-state index in [0.717, 1.165) is 16.0 Å². The van der Waals surface area contributed by atoms with E-state index in [1.54, 1.807) is 42.5 Å². The van der Waals surface area contributed by atoms with Crippen molar-refractivity contribution in [2.75, 3.05) is 11.5 Å². The summed E-state index contributed by atoms with van der Waals surface area (Å²) in [6.07, 6.45) is 1.41. The highest BCUT2D eigenvalue weighted by Crippen LogP contribution is 2.31. The number of anilines is 1. The first-order valence-electron chi connectivity index (χ1n) is 13.2. The molecular formula is C33H27ClN2O6. The van der Waals surface area contributed by atoms with Crippen LogP contribution in [0.1, 0.15) is 23.6 Å². The van der Waals surface area contributed by atoms with Crippen molar-refractivity contribution in [3.8, 4) is 17.2 Å². The lowest BCUT2D eigenvalue weighted by Gasteiger charge is -2.26. The number of hydrogen-bond acceptors (Lipinski definition) is 6. The Morgan fingerprint density at radius 1 is 0.738 bits per heavy atom. The molecule has 9 heteroatoms. The van der Waals surface area contributed by atoms with Gasteiger partial charge in [0.1, 0.15) is 24.5 Å². The number of rotatable bonds is 10. The average molecular weight is 583 g/mol. The number of carbonyl (C=O) groups excluding carboxylic acids is 3. The van der Waals surface area contributed by atoms with Gasteiger partial charge in [0.05, 0.1) is 12.3 Å². The molecule has 1 aliphatic rings. The van der Waals surface area contributed by atoms with Gasteiger partial charge in [-0.1, -0.05) is 72.3 Å². The highest BCUT2D eigenvalue weighted by Gasteiger charge is 2.37. The topological polar surface area (TPSA) is 94.2 Å². The lowest BCUT2D eigenvalue weighted by Crippen LogP contribution is -2.54. The minimum absolute atomic E-state index is 0.187. The van der Waals surface area contributed by atoms with Crippen LogP contribution in [0.15, 0.2) is 103 Å². The van der Waals surface area contributed by atoms with Crippen LogP contribution in [0.25, 0.3) is 6.08 Å². The van der Waals surface area contributed by atoms with E-state index < -0.39 is 17.8 Å². The van der Waals surface area contributed by atoms with Crippen molar-refractivity contribution in [1.82, 2.24) is 5.32 Å². The Morgan fingerprint density at radius 3 is 2.26 bits per heavy atom. The first kappa shape index (κ1) is 28.4. The Kier molecular flexibility index (Phi) is 8.84. The fourth-order valence-electron chi connectivity index (χ4n) is 4.32. The molecule has 8 nitrogen and oxygen atoms in total. The zero-order valence-corrected chi connectivity index (χ0v) is 23.5. The van der Waals surface area contributed by atoms with E-state index in [1.807, 2.05) is 55.5 Å². The van der Waals surface area contributed by atoms with E-state index in [1.165, 1.54) is 12.1 Å². The first-order chi connectivity index (χ1) is 20.4. The summed E-state index contributed by atoms with van der Waals surface area (Å²) in [6, 6.07) is 27.9. The predicted molar refractivity (Wildman–Crippen MR) is 160 cm³/mol. The summed E-state index contributed by atoms with van der Waals surface area (Å²) >= 11 is 6.05. The third-order valence-electron chi connectivity index (χ3n) is 6.33. The highest BCUT2D eigenvalue weighted by atomic mass is 35.5. The molecular weight excluding hydrogens is 556 g/mol. The lowest BCUT2D eigenvalue weighted by molar-refractivity contribution is -0.122. The summed E-state index contributed by atoms with van der Waals surface area (Å²) in [6.45, 7) is 2.96. The minimum atomic E-state index is -0.852. The molecule has 1 saturated heterocycles. The van der Waals surface area contributed by atoms with Gasteiger partial charge in [-0.3, -0.25) is 14.9 Å². The SMILES string of the molecule is CCOc1cc(COc2ccccc2/C=C2\C(=O)NC(=O)N(c3cccc(Cl)c3)C2=O)ccc1OCc1ccccc1. The Balaban J connectivity index is 1.34. The maximum absolute atomic E-state index is 13.3. The van der Waals surface area contributed by atoms with E-state index in [4.69, 9.17) is 25.8 Å². The van der Waals surface area contributed by atoms with Gasteiger partial charge in [-0.05, 0) is 60.5 Å². The molecule has 1 fully saturated rings. The van der Waals surface area contributed by atoms with Crippen LogP contribution < -0.4 is 24.4 Å². The fraction of sp³-hybridized carbons (Fsp3) is 0.121. The van der Waals surface area contributed by atoms with Crippen LogP contribution >= 0.6 is 11.6 Å². The number of urea groups is 1. The van der Waals surface area contributed by atoms with Gasteiger partial charge in [-0.2, -0.15) is 0 Å². The highest BCUT2D eigenvalue weighted by molar-refractivity contribution is 6.39. The van der Waals surface area contributed by atoms with Gasteiger partial charge in [0.2, 0.25) is 0 Å². The van der Waals surface area contributed by atoms with Crippen LogP contribution in [0.3, 0.4) is 0 Å². The molecule has 0 atom stereocenters.